The molecule has 0 spiro atoms. The average molecular weight is 229 g/mol. The summed E-state index contributed by atoms with van der Waals surface area (Å²) >= 11 is 0. The van der Waals surface area contributed by atoms with E-state index in [4.69, 9.17) is 0 Å². The molecule has 17 heavy (non-hydrogen) atoms. The summed E-state index contributed by atoms with van der Waals surface area (Å²) in [6.07, 6.45) is 1.87. The van der Waals surface area contributed by atoms with Gasteiger partial charge in [0, 0.05) is 42.8 Å². The van der Waals surface area contributed by atoms with Gasteiger partial charge < -0.3 is 15.2 Å². The number of benzene rings is 1. The second-order valence-electron chi connectivity index (χ2n) is 4.47. The van der Waals surface area contributed by atoms with Crippen LogP contribution in [-0.2, 0) is 0 Å². The van der Waals surface area contributed by atoms with Crippen molar-refractivity contribution >= 4 is 16.8 Å². The summed E-state index contributed by atoms with van der Waals surface area (Å²) in [7, 11) is 1.87. The predicted molar refractivity (Wildman–Crippen MR) is 67.0 cm³/mol. The summed E-state index contributed by atoms with van der Waals surface area (Å²) in [4.78, 5) is 17.3. The van der Waals surface area contributed by atoms with E-state index in [1.54, 1.807) is 0 Å². The first-order valence-corrected chi connectivity index (χ1v) is 5.81. The lowest BCUT2D eigenvalue weighted by Crippen LogP contribution is -2.57. The number of hydrogen-bond acceptors (Lipinski definition) is 2. The van der Waals surface area contributed by atoms with Crippen LogP contribution in [-0.4, -0.2) is 42.0 Å². The highest BCUT2D eigenvalue weighted by Crippen LogP contribution is 2.19. The number of nitrogens with zero attached hydrogens (tertiary/aromatic N) is 1. The molecule has 1 fully saturated rings. The van der Waals surface area contributed by atoms with E-state index < -0.39 is 0 Å². The van der Waals surface area contributed by atoms with Crippen molar-refractivity contribution in [2.45, 2.75) is 6.04 Å². The Kier molecular flexibility index (Phi) is 2.37. The van der Waals surface area contributed by atoms with Gasteiger partial charge in [-0.1, -0.05) is 6.07 Å². The smallest absolute Gasteiger partial charge is 0.254 e. The summed E-state index contributed by atoms with van der Waals surface area (Å²) in [6, 6.07) is 8.07. The molecule has 2 heterocycles. The van der Waals surface area contributed by atoms with Crippen molar-refractivity contribution in [2.75, 3.05) is 20.1 Å². The number of fused-ring (bicyclic) bond motifs is 1. The Morgan fingerprint density at radius 3 is 2.88 bits per heavy atom. The quantitative estimate of drug-likeness (QED) is 0.813. The molecule has 1 saturated heterocycles. The lowest BCUT2D eigenvalue weighted by molar-refractivity contribution is 0.0683. The van der Waals surface area contributed by atoms with Gasteiger partial charge in [0.15, 0.2) is 0 Å². The van der Waals surface area contributed by atoms with Crippen LogP contribution in [0.1, 0.15) is 10.4 Å². The zero-order chi connectivity index (χ0) is 11.8. The minimum absolute atomic E-state index is 0.0988. The van der Waals surface area contributed by atoms with Crippen molar-refractivity contribution in [2.24, 2.45) is 0 Å². The zero-order valence-electron chi connectivity index (χ0n) is 9.73. The van der Waals surface area contributed by atoms with E-state index in [0.717, 1.165) is 29.6 Å². The van der Waals surface area contributed by atoms with Gasteiger partial charge >= 0.3 is 0 Å². The van der Waals surface area contributed by atoms with E-state index in [1.807, 2.05) is 42.4 Å². The molecule has 1 aliphatic heterocycles. The summed E-state index contributed by atoms with van der Waals surface area (Å²) < 4.78 is 0. The van der Waals surface area contributed by atoms with Crippen molar-refractivity contribution < 1.29 is 4.79 Å². The van der Waals surface area contributed by atoms with Gasteiger partial charge in [-0.05, 0) is 18.2 Å². The molecule has 4 heteroatoms. The lowest BCUT2D eigenvalue weighted by atomic mass is 10.1. The normalized spacial score (nSPS) is 15.8. The SMILES string of the molecule is CN(C(=O)c1cccc2[nH]ccc12)C1CNC1. The Labute approximate surface area is 99.6 Å². The Bertz CT molecular complexity index is 557. The van der Waals surface area contributed by atoms with Crippen LogP contribution >= 0.6 is 0 Å². The third kappa shape index (κ3) is 1.61. The van der Waals surface area contributed by atoms with Crippen LogP contribution in [0.5, 0.6) is 0 Å². The van der Waals surface area contributed by atoms with E-state index in [2.05, 4.69) is 10.3 Å². The van der Waals surface area contributed by atoms with Crippen LogP contribution < -0.4 is 5.32 Å². The predicted octanol–water partition coefficient (Wildman–Crippen LogP) is 1.21. The second-order valence-corrected chi connectivity index (χ2v) is 4.47. The van der Waals surface area contributed by atoms with Crippen LogP contribution in [0.25, 0.3) is 10.9 Å². The van der Waals surface area contributed by atoms with Gasteiger partial charge in [0.25, 0.3) is 5.91 Å². The number of hydrogen-bond donors (Lipinski definition) is 2. The molecule has 1 amide bonds. The molecule has 4 nitrogen and oxygen atoms in total. The maximum absolute atomic E-state index is 12.4. The number of amides is 1. The van der Waals surface area contributed by atoms with E-state index in [9.17, 15) is 4.79 Å². The zero-order valence-corrected chi connectivity index (χ0v) is 9.73. The van der Waals surface area contributed by atoms with Crippen molar-refractivity contribution in [1.29, 1.82) is 0 Å². The van der Waals surface area contributed by atoms with Gasteiger partial charge in [-0.25, -0.2) is 0 Å². The fourth-order valence-corrected chi connectivity index (χ4v) is 2.18. The summed E-state index contributed by atoms with van der Waals surface area (Å²) in [5.74, 6) is 0.0988. The molecule has 1 aromatic carbocycles. The molecule has 0 atom stereocenters. The standard InChI is InChI=1S/C13H15N3O/c1-16(9-7-14-8-9)13(17)11-3-2-4-12-10(11)5-6-15-12/h2-6,9,14-15H,7-8H2,1H3. The average Bonchev–Trinajstić information content (AvgIpc) is 2.73. The Morgan fingerprint density at radius 1 is 1.35 bits per heavy atom. The van der Waals surface area contributed by atoms with Crippen LogP contribution in [0.3, 0.4) is 0 Å². The minimum atomic E-state index is 0.0988. The Morgan fingerprint density at radius 2 is 2.18 bits per heavy atom. The molecule has 88 valence electrons. The molecular weight excluding hydrogens is 214 g/mol. The van der Waals surface area contributed by atoms with E-state index in [1.165, 1.54) is 0 Å². The van der Waals surface area contributed by atoms with Crippen LogP contribution in [0, 0.1) is 0 Å². The first-order chi connectivity index (χ1) is 8.27. The lowest BCUT2D eigenvalue weighted by Gasteiger charge is -2.35. The third-order valence-electron chi connectivity index (χ3n) is 3.45. The monoisotopic (exact) mass is 229 g/mol. The van der Waals surface area contributed by atoms with Gasteiger partial charge in [-0.15, -0.1) is 0 Å². The molecular formula is C13H15N3O. The van der Waals surface area contributed by atoms with Gasteiger partial charge in [0.1, 0.15) is 0 Å². The largest absolute Gasteiger partial charge is 0.361 e. The molecule has 1 aromatic heterocycles. The van der Waals surface area contributed by atoms with Crippen molar-refractivity contribution in [3.8, 4) is 0 Å². The number of rotatable bonds is 2. The molecule has 1 aliphatic rings. The number of H-pyrrole nitrogens is 1. The van der Waals surface area contributed by atoms with Gasteiger partial charge in [0.05, 0.1) is 6.04 Å². The van der Waals surface area contributed by atoms with Gasteiger partial charge in [-0.3, -0.25) is 4.79 Å². The first-order valence-electron chi connectivity index (χ1n) is 5.81. The highest BCUT2D eigenvalue weighted by molar-refractivity contribution is 6.06. The second kappa shape index (κ2) is 3.89. The highest BCUT2D eigenvalue weighted by Gasteiger charge is 2.26. The number of nitrogens with one attached hydrogen (secondary N) is 2. The minimum Gasteiger partial charge on any atom is -0.361 e. The fourth-order valence-electron chi connectivity index (χ4n) is 2.18. The van der Waals surface area contributed by atoms with Crippen molar-refractivity contribution in [3.63, 3.8) is 0 Å². The van der Waals surface area contributed by atoms with Gasteiger partial charge in [-0.2, -0.15) is 0 Å². The summed E-state index contributed by atoms with van der Waals surface area (Å²) in [5, 5.41) is 4.18. The number of carbonyl (C=O) groups excluding carboxylic acids is 1. The first kappa shape index (κ1) is 10.4. The van der Waals surface area contributed by atoms with E-state index in [-0.39, 0.29) is 5.91 Å². The van der Waals surface area contributed by atoms with Crippen molar-refractivity contribution in [3.05, 3.63) is 36.0 Å². The molecule has 3 rings (SSSR count). The van der Waals surface area contributed by atoms with Crippen LogP contribution in [0.15, 0.2) is 30.5 Å². The summed E-state index contributed by atoms with van der Waals surface area (Å²) in [6.45, 7) is 1.79. The molecule has 0 unspecified atom stereocenters. The van der Waals surface area contributed by atoms with Crippen LogP contribution in [0.4, 0.5) is 0 Å². The fraction of sp³-hybridized carbons (Fsp3) is 0.308. The third-order valence-corrected chi connectivity index (χ3v) is 3.45. The summed E-state index contributed by atoms with van der Waals surface area (Å²) in [5.41, 5.74) is 1.79. The van der Waals surface area contributed by atoms with E-state index in [0.29, 0.717) is 6.04 Å². The number of likely N-dealkylation sites (N-methyl/N-ethyl adjacent to an activating group) is 1. The van der Waals surface area contributed by atoms with E-state index >= 15 is 0 Å². The molecule has 0 saturated carbocycles. The number of aromatic amines is 1. The topological polar surface area (TPSA) is 48.1 Å². The molecule has 0 radical (unpaired) electrons. The molecule has 0 bridgehead atoms. The maximum Gasteiger partial charge on any atom is 0.254 e. The van der Waals surface area contributed by atoms with Crippen molar-refractivity contribution in [1.82, 2.24) is 15.2 Å². The number of aromatic nitrogens is 1. The highest BCUT2D eigenvalue weighted by atomic mass is 16.2. The molecule has 0 aliphatic carbocycles. The Balaban J connectivity index is 1.97. The Hall–Kier alpha value is -1.81. The van der Waals surface area contributed by atoms with Crippen LogP contribution in [0.2, 0.25) is 0 Å². The maximum atomic E-state index is 12.4. The van der Waals surface area contributed by atoms with Gasteiger partial charge in [0.2, 0.25) is 0 Å². The molecule has 2 N–H and O–H groups in total. The molecule has 2 aromatic rings. The number of carbonyl (C=O) groups is 1.